The van der Waals surface area contributed by atoms with Gasteiger partial charge in [-0.1, -0.05) is 32.1 Å². The predicted molar refractivity (Wildman–Crippen MR) is 170 cm³/mol. The SMILES string of the molecule is CCCN1c2cccc(OC)c2-c2c3c(OC)cccc3[n+](CCC)c3c(/C=C\c4ccc([N+](=O)[O-])cc4)ccc1c23. The van der Waals surface area contributed by atoms with Gasteiger partial charge in [0.25, 0.3) is 5.69 Å². The molecule has 1 aromatic heterocycles. The van der Waals surface area contributed by atoms with Gasteiger partial charge in [-0.05, 0) is 60.5 Å². The van der Waals surface area contributed by atoms with Crippen LogP contribution in [0.3, 0.4) is 0 Å². The molecule has 42 heavy (non-hydrogen) atoms. The van der Waals surface area contributed by atoms with Crippen molar-refractivity contribution in [2.45, 2.75) is 33.2 Å². The van der Waals surface area contributed by atoms with Crippen LogP contribution in [0.5, 0.6) is 11.5 Å². The lowest BCUT2D eigenvalue weighted by atomic mass is 9.87. The Labute approximate surface area is 245 Å². The molecule has 5 aromatic rings. The van der Waals surface area contributed by atoms with Gasteiger partial charge in [-0.2, -0.15) is 4.57 Å². The number of nitrogens with zero attached hydrogens (tertiary/aromatic N) is 3. The summed E-state index contributed by atoms with van der Waals surface area (Å²) in [5.74, 6) is 1.65. The summed E-state index contributed by atoms with van der Waals surface area (Å²) in [7, 11) is 3.46. The van der Waals surface area contributed by atoms with Crippen molar-refractivity contribution in [2.24, 2.45) is 0 Å². The Balaban J connectivity index is 1.75. The van der Waals surface area contributed by atoms with Gasteiger partial charge in [-0.25, -0.2) is 0 Å². The largest absolute Gasteiger partial charge is 0.496 e. The van der Waals surface area contributed by atoms with E-state index in [1.54, 1.807) is 38.5 Å². The molecule has 0 saturated heterocycles. The first-order valence-electron chi connectivity index (χ1n) is 14.4. The highest BCUT2D eigenvalue weighted by Crippen LogP contribution is 2.54. The van der Waals surface area contributed by atoms with Crippen molar-refractivity contribution in [2.75, 3.05) is 25.7 Å². The second-order valence-corrected chi connectivity index (χ2v) is 10.5. The van der Waals surface area contributed by atoms with Gasteiger partial charge in [0.1, 0.15) is 18.0 Å². The Morgan fingerprint density at radius 1 is 0.810 bits per heavy atom. The number of aromatic nitrogens is 1. The maximum atomic E-state index is 11.2. The normalized spacial score (nSPS) is 12.2. The molecule has 0 spiro atoms. The van der Waals surface area contributed by atoms with Gasteiger partial charge < -0.3 is 14.4 Å². The fourth-order valence-corrected chi connectivity index (χ4v) is 6.26. The predicted octanol–water partition coefficient (Wildman–Crippen LogP) is 8.31. The molecule has 1 aliphatic heterocycles. The second kappa shape index (κ2) is 11.2. The van der Waals surface area contributed by atoms with Gasteiger partial charge in [0.15, 0.2) is 0 Å². The highest BCUT2D eigenvalue weighted by atomic mass is 16.6. The number of rotatable bonds is 9. The van der Waals surface area contributed by atoms with Gasteiger partial charge in [0, 0.05) is 47.9 Å². The zero-order valence-electron chi connectivity index (χ0n) is 24.4. The molecule has 1 aliphatic rings. The Bertz CT molecular complexity index is 1860. The minimum Gasteiger partial charge on any atom is -0.496 e. The smallest absolute Gasteiger partial charge is 0.269 e. The first-order valence-corrected chi connectivity index (χ1v) is 14.4. The van der Waals surface area contributed by atoms with Crippen LogP contribution in [0.4, 0.5) is 17.1 Å². The first kappa shape index (κ1) is 27.3. The number of fused-ring (bicyclic) bond motifs is 4. The highest BCUT2D eigenvalue weighted by Gasteiger charge is 2.35. The summed E-state index contributed by atoms with van der Waals surface area (Å²) in [4.78, 5) is 13.2. The number of anilines is 2. The fraction of sp³-hybridized carbons (Fsp3) is 0.229. The zero-order chi connectivity index (χ0) is 29.4. The van der Waals surface area contributed by atoms with Gasteiger partial charge in [0.05, 0.1) is 41.3 Å². The van der Waals surface area contributed by atoms with Crippen molar-refractivity contribution in [1.82, 2.24) is 0 Å². The van der Waals surface area contributed by atoms with E-state index < -0.39 is 0 Å². The number of benzene rings is 4. The minimum absolute atomic E-state index is 0.0820. The number of hydrogen-bond donors (Lipinski definition) is 0. The molecular formula is C35H34N3O4+. The van der Waals surface area contributed by atoms with Gasteiger partial charge in [0.2, 0.25) is 11.0 Å². The number of nitro groups is 1. The van der Waals surface area contributed by atoms with E-state index in [0.29, 0.717) is 0 Å². The van der Waals surface area contributed by atoms with Crippen molar-refractivity contribution >= 4 is 51.0 Å². The number of nitro benzene ring substituents is 1. The Hall–Kier alpha value is -4.91. The van der Waals surface area contributed by atoms with E-state index in [0.717, 1.165) is 92.9 Å². The molecule has 7 nitrogen and oxygen atoms in total. The number of pyridine rings is 1. The van der Waals surface area contributed by atoms with Crippen LogP contribution in [0.1, 0.15) is 37.8 Å². The van der Waals surface area contributed by atoms with Gasteiger partial charge >= 0.3 is 0 Å². The Morgan fingerprint density at radius 3 is 2.24 bits per heavy atom. The van der Waals surface area contributed by atoms with E-state index in [-0.39, 0.29) is 10.6 Å². The van der Waals surface area contributed by atoms with Crippen LogP contribution in [0, 0.1) is 10.1 Å². The van der Waals surface area contributed by atoms with E-state index in [9.17, 15) is 10.1 Å². The molecule has 212 valence electrons. The van der Waals surface area contributed by atoms with Crippen molar-refractivity contribution in [3.8, 4) is 22.6 Å². The molecule has 0 atom stereocenters. The van der Waals surface area contributed by atoms with Crippen LogP contribution in [0.15, 0.2) is 72.8 Å². The summed E-state index contributed by atoms with van der Waals surface area (Å²) in [6, 6.07) is 23.6. The van der Waals surface area contributed by atoms with Gasteiger partial charge in [-0.15, -0.1) is 0 Å². The Kier molecular flexibility index (Phi) is 7.25. The summed E-state index contributed by atoms with van der Waals surface area (Å²) in [6.45, 7) is 6.09. The zero-order valence-corrected chi connectivity index (χ0v) is 24.4. The van der Waals surface area contributed by atoms with E-state index in [1.165, 1.54) is 0 Å². The fourth-order valence-electron chi connectivity index (χ4n) is 6.26. The average Bonchev–Trinajstić information content (AvgIpc) is 3.02. The van der Waals surface area contributed by atoms with E-state index >= 15 is 0 Å². The quantitative estimate of drug-likeness (QED) is 0.0596. The molecule has 7 heteroatoms. The molecule has 0 bridgehead atoms. The van der Waals surface area contributed by atoms with Crippen LogP contribution in [-0.2, 0) is 6.54 Å². The van der Waals surface area contributed by atoms with E-state index in [1.807, 2.05) is 18.2 Å². The third-order valence-corrected chi connectivity index (χ3v) is 7.98. The Morgan fingerprint density at radius 2 is 1.55 bits per heavy atom. The van der Waals surface area contributed by atoms with E-state index in [2.05, 4.69) is 65.8 Å². The molecule has 6 rings (SSSR count). The number of ether oxygens (including phenoxy) is 2. The number of methoxy groups -OCH3 is 2. The molecule has 0 aliphatic carbocycles. The lowest BCUT2D eigenvalue weighted by molar-refractivity contribution is -0.645. The van der Waals surface area contributed by atoms with E-state index in [4.69, 9.17) is 9.47 Å². The molecule has 0 amide bonds. The average molecular weight is 561 g/mol. The first-order chi connectivity index (χ1) is 20.5. The lowest BCUT2D eigenvalue weighted by Crippen LogP contribution is -2.37. The third-order valence-electron chi connectivity index (χ3n) is 7.98. The number of hydrogen-bond acceptors (Lipinski definition) is 5. The standard InChI is InChI=1S/C35H34N3O4/c1-5-21-36-26-9-7-11-29(41-3)31(26)34-32-27(10-8-12-30(32)42-4)37(22-6-2)35-24(17-20-28(36)33(34)35)16-13-23-14-18-25(19-15-23)38(39)40/h7-20H,5-6,21-22H2,1-4H3/q+1/b16-13-. The summed E-state index contributed by atoms with van der Waals surface area (Å²) >= 11 is 0. The van der Waals surface area contributed by atoms with Crippen LogP contribution < -0.4 is 18.9 Å². The molecule has 0 fully saturated rings. The molecule has 2 heterocycles. The van der Waals surface area contributed by atoms with Crippen LogP contribution in [0.25, 0.3) is 45.1 Å². The maximum absolute atomic E-state index is 11.2. The van der Waals surface area contributed by atoms with Crippen LogP contribution >= 0.6 is 0 Å². The summed E-state index contributed by atoms with van der Waals surface area (Å²) in [5.41, 5.74) is 8.76. The lowest BCUT2D eigenvalue weighted by Gasteiger charge is -2.34. The highest BCUT2D eigenvalue weighted by molar-refractivity contribution is 6.21. The van der Waals surface area contributed by atoms with Crippen molar-refractivity contribution < 1.29 is 19.0 Å². The molecule has 0 radical (unpaired) electrons. The second-order valence-electron chi connectivity index (χ2n) is 10.5. The molecule has 0 N–H and O–H groups in total. The van der Waals surface area contributed by atoms with Gasteiger partial charge in [-0.3, -0.25) is 10.1 Å². The van der Waals surface area contributed by atoms with Crippen LogP contribution in [0.2, 0.25) is 0 Å². The molecular weight excluding hydrogens is 526 g/mol. The third kappa shape index (κ3) is 4.33. The number of aryl methyl sites for hydroxylation is 1. The summed E-state index contributed by atoms with van der Waals surface area (Å²) < 4.78 is 14.4. The topological polar surface area (TPSA) is 68.7 Å². The minimum atomic E-state index is -0.374. The van der Waals surface area contributed by atoms with Crippen molar-refractivity contribution in [1.29, 1.82) is 0 Å². The van der Waals surface area contributed by atoms with Crippen molar-refractivity contribution in [3.63, 3.8) is 0 Å². The summed E-state index contributed by atoms with van der Waals surface area (Å²) in [6.07, 6.45) is 6.08. The number of non-ortho nitro benzene ring substituents is 1. The molecule has 4 aromatic carbocycles. The molecule has 0 saturated carbocycles. The van der Waals surface area contributed by atoms with Crippen molar-refractivity contribution in [3.05, 3.63) is 94.0 Å². The summed E-state index contributed by atoms with van der Waals surface area (Å²) in [5, 5.41) is 13.4. The maximum Gasteiger partial charge on any atom is 0.269 e. The monoisotopic (exact) mass is 560 g/mol. The molecule has 0 unspecified atom stereocenters. The van der Waals surface area contributed by atoms with Crippen LogP contribution in [-0.4, -0.2) is 25.7 Å².